The van der Waals surface area contributed by atoms with Gasteiger partial charge in [-0.3, -0.25) is 14.9 Å². The van der Waals surface area contributed by atoms with E-state index in [9.17, 15) is 19.3 Å². The monoisotopic (exact) mass is 332 g/mol. The van der Waals surface area contributed by atoms with Crippen molar-refractivity contribution in [2.75, 3.05) is 5.32 Å². The zero-order chi connectivity index (χ0) is 17.7. The van der Waals surface area contributed by atoms with Crippen LogP contribution in [0, 0.1) is 15.9 Å². The van der Waals surface area contributed by atoms with Crippen LogP contribution in [0.1, 0.15) is 30.6 Å². The number of carbonyl (C=O) groups is 1. The average Bonchev–Trinajstić information content (AvgIpc) is 2.56. The number of hydrogen-bond donors (Lipinski definition) is 1. The van der Waals surface area contributed by atoms with E-state index in [0.29, 0.717) is 5.75 Å². The molecule has 0 aliphatic rings. The molecule has 2 rings (SSSR count). The number of nitro groups is 1. The van der Waals surface area contributed by atoms with Crippen molar-refractivity contribution in [1.29, 1.82) is 0 Å². The SMILES string of the molecule is CCC(C)Oc1cccc(C(=O)Nc2cc([N+](=O)[O-])ccc2F)c1. The Kier molecular flexibility index (Phi) is 5.47. The number of rotatable bonds is 6. The first kappa shape index (κ1) is 17.4. The molecule has 1 atom stereocenters. The largest absolute Gasteiger partial charge is 0.491 e. The van der Waals surface area contributed by atoms with E-state index in [-0.39, 0.29) is 23.0 Å². The first-order chi connectivity index (χ1) is 11.4. The number of nitrogens with zero attached hydrogens (tertiary/aromatic N) is 1. The molecule has 126 valence electrons. The third-order valence-corrected chi connectivity index (χ3v) is 3.42. The summed E-state index contributed by atoms with van der Waals surface area (Å²) in [6, 6.07) is 9.41. The molecule has 1 unspecified atom stereocenters. The summed E-state index contributed by atoms with van der Waals surface area (Å²) in [7, 11) is 0. The fourth-order valence-corrected chi connectivity index (χ4v) is 1.94. The normalized spacial score (nSPS) is 11.6. The van der Waals surface area contributed by atoms with Crippen molar-refractivity contribution in [2.24, 2.45) is 0 Å². The minimum atomic E-state index is -0.749. The van der Waals surface area contributed by atoms with Gasteiger partial charge in [0.15, 0.2) is 0 Å². The van der Waals surface area contributed by atoms with E-state index >= 15 is 0 Å². The number of non-ortho nitro benzene ring substituents is 1. The molecule has 0 spiro atoms. The zero-order valence-electron chi connectivity index (χ0n) is 13.3. The molecule has 0 aliphatic carbocycles. The molecule has 0 saturated carbocycles. The van der Waals surface area contributed by atoms with Crippen LogP contribution in [0.4, 0.5) is 15.8 Å². The van der Waals surface area contributed by atoms with Gasteiger partial charge in [0.05, 0.1) is 16.7 Å². The van der Waals surface area contributed by atoms with Crippen LogP contribution in [-0.2, 0) is 0 Å². The molecule has 2 aromatic rings. The lowest BCUT2D eigenvalue weighted by Crippen LogP contribution is -2.14. The van der Waals surface area contributed by atoms with Gasteiger partial charge >= 0.3 is 0 Å². The van der Waals surface area contributed by atoms with Crippen LogP contribution in [0.5, 0.6) is 5.75 Å². The number of hydrogen-bond acceptors (Lipinski definition) is 4. The van der Waals surface area contributed by atoms with E-state index in [2.05, 4.69) is 5.32 Å². The summed E-state index contributed by atoms with van der Waals surface area (Å²) >= 11 is 0. The second-order valence-electron chi connectivity index (χ2n) is 5.24. The highest BCUT2D eigenvalue weighted by Crippen LogP contribution is 2.23. The van der Waals surface area contributed by atoms with Crippen molar-refractivity contribution in [1.82, 2.24) is 0 Å². The standard InChI is InChI=1S/C17H17FN2O4/c1-3-11(2)24-14-6-4-5-12(9-14)17(21)19-16-10-13(20(22)23)7-8-15(16)18/h4-11H,3H2,1-2H3,(H,19,21). The summed E-state index contributed by atoms with van der Waals surface area (Å²) in [4.78, 5) is 22.3. The van der Waals surface area contributed by atoms with Crippen LogP contribution < -0.4 is 10.1 Å². The smallest absolute Gasteiger partial charge is 0.271 e. The summed E-state index contributed by atoms with van der Waals surface area (Å²) in [6.07, 6.45) is 0.813. The Morgan fingerprint density at radius 2 is 2.08 bits per heavy atom. The highest BCUT2D eigenvalue weighted by molar-refractivity contribution is 6.04. The summed E-state index contributed by atoms with van der Waals surface area (Å²) in [5.41, 5.74) is -0.287. The van der Waals surface area contributed by atoms with Crippen LogP contribution in [0.3, 0.4) is 0 Å². The van der Waals surface area contributed by atoms with Crippen LogP contribution >= 0.6 is 0 Å². The fourth-order valence-electron chi connectivity index (χ4n) is 1.94. The maximum absolute atomic E-state index is 13.7. The molecule has 0 bridgehead atoms. The predicted molar refractivity (Wildman–Crippen MR) is 87.8 cm³/mol. The number of amides is 1. The average molecular weight is 332 g/mol. The molecule has 0 saturated heterocycles. The lowest BCUT2D eigenvalue weighted by atomic mass is 10.2. The van der Waals surface area contributed by atoms with Crippen LogP contribution in [0.2, 0.25) is 0 Å². The van der Waals surface area contributed by atoms with E-state index < -0.39 is 16.6 Å². The van der Waals surface area contributed by atoms with E-state index in [1.54, 1.807) is 18.2 Å². The highest BCUT2D eigenvalue weighted by atomic mass is 19.1. The van der Waals surface area contributed by atoms with Gasteiger partial charge in [-0.25, -0.2) is 4.39 Å². The van der Waals surface area contributed by atoms with Gasteiger partial charge in [0.2, 0.25) is 0 Å². The topological polar surface area (TPSA) is 81.5 Å². The number of anilines is 1. The molecule has 7 heteroatoms. The summed E-state index contributed by atoms with van der Waals surface area (Å²) < 4.78 is 19.4. The van der Waals surface area contributed by atoms with E-state index in [4.69, 9.17) is 4.74 Å². The lowest BCUT2D eigenvalue weighted by Gasteiger charge is -2.13. The molecule has 0 radical (unpaired) electrons. The quantitative estimate of drug-likeness (QED) is 0.636. The maximum Gasteiger partial charge on any atom is 0.271 e. The number of carbonyl (C=O) groups excluding carboxylic acids is 1. The lowest BCUT2D eigenvalue weighted by molar-refractivity contribution is -0.384. The van der Waals surface area contributed by atoms with Gasteiger partial charge in [-0.15, -0.1) is 0 Å². The molecular weight excluding hydrogens is 315 g/mol. The van der Waals surface area contributed by atoms with Gasteiger partial charge in [-0.2, -0.15) is 0 Å². The first-order valence-corrected chi connectivity index (χ1v) is 7.42. The third-order valence-electron chi connectivity index (χ3n) is 3.42. The summed E-state index contributed by atoms with van der Waals surface area (Å²) in [6.45, 7) is 3.89. The van der Waals surface area contributed by atoms with Crippen molar-refractivity contribution >= 4 is 17.3 Å². The Morgan fingerprint density at radius 1 is 1.33 bits per heavy atom. The van der Waals surface area contributed by atoms with Crippen molar-refractivity contribution in [3.63, 3.8) is 0 Å². The molecule has 24 heavy (non-hydrogen) atoms. The Labute approximate surface area is 138 Å². The molecule has 0 heterocycles. The molecule has 6 nitrogen and oxygen atoms in total. The van der Waals surface area contributed by atoms with Crippen molar-refractivity contribution in [3.8, 4) is 5.75 Å². The molecule has 1 N–H and O–H groups in total. The van der Waals surface area contributed by atoms with Crippen molar-refractivity contribution in [2.45, 2.75) is 26.4 Å². The summed E-state index contributed by atoms with van der Waals surface area (Å²) in [5, 5.41) is 13.1. The number of nitro benzene ring substituents is 1. The fraction of sp³-hybridized carbons (Fsp3) is 0.235. The number of benzene rings is 2. The Balaban J connectivity index is 2.19. The molecular formula is C17H17FN2O4. The van der Waals surface area contributed by atoms with E-state index in [0.717, 1.165) is 24.6 Å². The Hall–Kier alpha value is -2.96. The first-order valence-electron chi connectivity index (χ1n) is 7.42. The van der Waals surface area contributed by atoms with Gasteiger partial charge < -0.3 is 10.1 Å². The minimum absolute atomic E-state index is 0.00229. The Morgan fingerprint density at radius 3 is 2.75 bits per heavy atom. The van der Waals surface area contributed by atoms with Gasteiger partial charge in [0, 0.05) is 17.7 Å². The molecule has 1 amide bonds. The van der Waals surface area contributed by atoms with Crippen LogP contribution in [0.25, 0.3) is 0 Å². The highest BCUT2D eigenvalue weighted by Gasteiger charge is 2.15. The number of halogens is 1. The molecule has 0 fully saturated rings. The second-order valence-corrected chi connectivity index (χ2v) is 5.24. The maximum atomic E-state index is 13.7. The van der Waals surface area contributed by atoms with Gasteiger partial charge in [-0.1, -0.05) is 13.0 Å². The van der Waals surface area contributed by atoms with Gasteiger partial charge in [0.25, 0.3) is 11.6 Å². The second kappa shape index (κ2) is 7.54. The summed E-state index contributed by atoms with van der Waals surface area (Å²) in [5.74, 6) is -0.804. The third kappa shape index (κ3) is 4.28. The molecule has 0 aromatic heterocycles. The van der Waals surface area contributed by atoms with Crippen LogP contribution in [-0.4, -0.2) is 16.9 Å². The minimum Gasteiger partial charge on any atom is -0.491 e. The van der Waals surface area contributed by atoms with E-state index in [1.165, 1.54) is 6.07 Å². The van der Waals surface area contributed by atoms with Gasteiger partial charge in [0.1, 0.15) is 11.6 Å². The molecule has 0 aliphatic heterocycles. The van der Waals surface area contributed by atoms with Crippen LogP contribution in [0.15, 0.2) is 42.5 Å². The van der Waals surface area contributed by atoms with E-state index in [1.807, 2.05) is 13.8 Å². The number of ether oxygens (including phenoxy) is 1. The van der Waals surface area contributed by atoms with Crippen molar-refractivity contribution in [3.05, 3.63) is 64.0 Å². The predicted octanol–water partition coefficient (Wildman–Crippen LogP) is 4.16. The molecule has 2 aromatic carbocycles. The zero-order valence-corrected chi connectivity index (χ0v) is 13.3. The Bertz CT molecular complexity index is 764. The van der Waals surface area contributed by atoms with Gasteiger partial charge in [-0.05, 0) is 37.6 Å². The van der Waals surface area contributed by atoms with Crippen molar-refractivity contribution < 1.29 is 18.8 Å². The number of nitrogens with one attached hydrogen (secondary N) is 1.